The Morgan fingerprint density at radius 3 is 2.35 bits per heavy atom. The van der Waals surface area contributed by atoms with Crippen LogP contribution in [0, 0.1) is 19.9 Å². The van der Waals surface area contributed by atoms with Gasteiger partial charge < -0.3 is 4.74 Å². The molecule has 0 radical (unpaired) electrons. The molecule has 2 aromatic rings. The maximum absolute atomic E-state index is 11.6. The number of rotatable bonds is 3. The van der Waals surface area contributed by atoms with Crippen LogP contribution in [-0.2, 0) is 25.2 Å². The van der Waals surface area contributed by atoms with Crippen molar-refractivity contribution < 1.29 is 30.0 Å². The summed E-state index contributed by atoms with van der Waals surface area (Å²) in [5.41, 5.74) is 5.14. The van der Waals surface area contributed by atoms with E-state index in [1.54, 1.807) is 19.1 Å². The minimum atomic E-state index is -0.280. The van der Waals surface area contributed by atoms with Crippen molar-refractivity contribution >= 4 is 5.97 Å². The number of ether oxygens (including phenoxy) is 1. The Bertz CT molecular complexity index is 588. The minimum Gasteiger partial charge on any atom is -0.462 e. The molecule has 3 heteroatoms. The molecule has 20 heavy (non-hydrogen) atoms. The van der Waals surface area contributed by atoms with Crippen LogP contribution < -0.4 is 0 Å². The number of hydrogen-bond donors (Lipinski definition) is 0. The first-order valence-electron chi connectivity index (χ1n) is 6.38. The molecule has 0 atom stereocenters. The second-order valence-electron chi connectivity index (χ2n) is 4.51. The molecule has 0 aliphatic heterocycles. The van der Waals surface area contributed by atoms with Crippen LogP contribution in [0.4, 0.5) is 0 Å². The fraction of sp³-hybridized carbons (Fsp3) is 0.235. The van der Waals surface area contributed by atoms with E-state index >= 15 is 0 Å². The van der Waals surface area contributed by atoms with Crippen molar-refractivity contribution in [3.63, 3.8) is 0 Å². The van der Waals surface area contributed by atoms with E-state index in [1.807, 2.05) is 18.2 Å². The molecule has 0 aliphatic carbocycles. The standard InChI is InChI=1S/C17H17O2.Pd/c1-4-19-17(18)15-9-7-14(8-10-15)16-6-5-12(2)13(3)11-16;/h5,7-11H,4H2,1-3H3;/q-1;. The van der Waals surface area contributed by atoms with Gasteiger partial charge in [-0.3, -0.25) is 0 Å². The fourth-order valence-corrected chi connectivity index (χ4v) is 1.84. The molecule has 0 aromatic heterocycles. The van der Waals surface area contributed by atoms with Gasteiger partial charge >= 0.3 is 5.97 Å². The third-order valence-corrected chi connectivity index (χ3v) is 3.13. The molecule has 0 bridgehead atoms. The van der Waals surface area contributed by atoms with E-state index in [4.69, 9.17) is 4.74 Å². The predicted molar refractivity (Wildman–Crippen MR) is 76.1 cm³/mol. The largest absolute Gasteiger partial charge is 0.462 e. The van der Waals surface area contributed by atoms with Crippen molar-refractivity contribution in [1.29, 1.82) is 0 Å². The monoisotopic (exact) mass is 359 g/mol. The number of aryl methyl sites for hydroxylation is 2. The Balaban J connectivity index is 0.00000200. The van der Waals surface area contributed by atoms with E-state index in [1.165, 1.54) is 11.1 Å². The van der Waals surface area contributed by atoms with Crippen molar-refractivity contribution in [1.82, 2.24) is 0 Å². The smallest absolute Gasteiger partial charge is 0.338 e. The van der Waals surface area contributed by atoms with Gasteiger partial charge in [-0.25, -0.2) is 4.79 Å². The van der Waals surface area contributed by atoms with Crippen molar-refractivity contribution in [2.45, 2.75) is 20.8 Å². The molecule has 0 saturated heterocycles. The molecule has 0 N–H and O–H groups in total. The van der Waals surface area contributed by atoms with Gasteiger partial charge in [0.05, 0.1) is 12.2 Å². The molecule has 2 rings (SSSR count). The molecule has 108 valence electrons. The van der Waals surface area contributed by atoms with E-state index in [9.17, 15) is 4.79 Å². The molecule has 0 fully saturated rings. The Hall–Kier alpha value is -1.43. The number of benzene rings is 2. The van der Waals surface area contributed by atoms with Crippen molar-refractivity contribution in [2.75, 3.05) is 6.61 Å². The summed E-state index contributed by atoms with van der Waals surface area (Å²) in [4.78, 5) is 11.6. The van der Waals surface area contributed by atoms with Crippen molar-refractivity contribution in [3.8, 4) is 11.1 Å². The van der Waals surface area contributed by atoms with Crippen molar-refractivity contribution in [3.05, 3.63) is 59.2 Å². The number of esters is 1. The number of carbonyl (C=O) groups is 1. The second kappa shape index (κ2) is 7.38. The van der Waals surface area contributed by atoms with E-state index < -0.39 is 0 Å². The van der Waals surface area contributed by atoms with Crippen LogP contribution in [0.1, 0.15) is 28.4 Å². The van der Waals surface area contributed by atoms with Crippen LogP contribution in [0.15, 0.2) is 36.4 Å². The Kier molecular flexibility index (Phi) is 6.14. The normalized spacial score (nSPS) is 9.75. The summed E-state index contributed by atoms with van der Waals surface area (Å²) in [5, 5.41) is 0. The van der Waals surface area contributed by atoms with E-state index in [0.717, 1.165) is 11.1 Å². The van der Waals surface area contributed by atoms with E-state index in [-0.39, 0.29) is 26.4 Å². The summed E-state index contributed by atoms with van der Waals surface area (Å²) in [6.45, 7) is 6.35. The van der Waals surface area contributed by atoms with Crippen LogP contribution in [0.3, 0.4) is 0 Å². The second-order valence-corrected chi connectivity index (χ2v) is 4.51. The van der Waals surface area contributed by atoms with Crippen LogP contribution in [-0.4, -0.2) is 12.6 Å². The van der Waals surface area contributed by atoms with Crippen LogP contribution in [0.5, 0.6) is 0 Å². The molecule has 0 unspecified atom stereocenters. The third-order valence-electron chi connectivity index (χ3n) is 3.13. The molecule has 0 heterocycles. The fourth-order valence-electron chi connectivity index (χ4n) is 1.84. The Morgan fingerprint density at radius 2 is 1.80 bits per heavy atom. The van der Waals surface area contributed by atoms with E-state index in [2.05, 4.69) is 26.0 Å². The molecular weight excluding hydrogens is 343 g/mol. The predicted octanol–water partition coefficient (Wildman–Crippen LogP) is 3.94. The minimum absolute atomic E-state index is 0. The summed E-state index contributed by atoms with van der Waals surface area (Å²) < 4.78 is 4.96. The summed E-state index contributed by atoms with van der Waals surface area (Å²) in [7, 11) is 0. The first-order valence-corrected chi connectivity index (χ1v) is 6.38. The Morgan fingerprint density at radius 1 is 1.15 bits per heavy atom. The van der Waals surface area contributed by atoms with Crippen LogP contribution in [0.25, 0.3) is 11.1 Å². The van der Waals surface area contributed by atoms with Gasteiger partial charge in [0.15, 0.2) is 0 Å². The summed E-state index contributed by atoms with van der Waals surface area (Å²) in [5.74, 6) is -0.280. The zero-order valence-corrected chi connectivity index (χ0v) is 13.4. The molecular formula is C17H17O2Pd-. The van der Waals surface area contributed by atoms with Gasteiger partial charge in [0.25, 0.3) is 0 Å². The molecule has 2 aromatic carbocycles. The summed E-state index contributed by atoms with van der Waals surface area (Å²) in [6.07, 6.45) is 0. The maximum atomic E-state index is 11.6. The van der Waals surface area contributed by atoms with Gasteiger partial charge in [-0.2, -0.15) is 0 Å². The maximum Gasteiger partial charge on any atom is 0.338 e. The molecule has 0 amide bonds. The van der Waals surface area contributed by atoms with Crippen LogP contribution >= 0.6 is 0 Å². The summed E-state index contributed by atoms with van der Waals surface area (Å²) >= 11 is 0. The zero-order valence-electron chi connectivity index (χ0n) is 11.8. The van der Waals surface area contributed by atoms with Crippen molar-refractivity contribution in [2.24, 2.45) is 0 Å². The number of carbonyl (C=O) groups excluding carboxylic acids is 1. The molecule has 0 aliphatic rings. The van der Waals surface area contributed by atoms with Gasteiger partial charge in [0, 0.05) is 20.4 Å². The van der Waals surface area contributed by atoms with Gasteiger partial charge in [0.2, 0.25) is 0 Å². The molecule has 2 nitrogen and oxygen atoms in total. The van der Waals surface area contributed by atoms with Gasteiger partial charge in [-0.1, -0.05) is 43.7 Å². The Labute approximate surface area is 133 Å². The topological polar surface area (TPSA) is 26.3 Å². The average molecular weight is 360 g/mol. The third kappa shape index (κ3) is 3.79. The average Bonchev–Trinajstić information content (AvgIpc) is 2.42. The van der Waals surface area contributed by atoms with Gasteiger partial charge in [-0.05, 0) is 6.92 Å². The summed E-state index contributed by atoms with van der Waals surface area (Å²) in [6, 6.07) is 14.8. The molecule has 0 spiro atoms. The number of hydrogen-bond acceptors (Lipinski definition) is 2. The van der Waals surface area contributed by atoms with Gasteiger partial charge in [-0.15, -0.1) is 34.9 Å². The SMILES string of the molecule is CCOC(=O)c1ccc(-c2[c-]cc(C)c(C)c2)cc1.[Pd]. The zero-order chi connectivity index (χ0) is 13.8. The first kappa shape index (κ1) is 16.6. The molecule has 0 saturated carbocycles. The van der Waals surface area contributed by atoms with Gasteiger partial charge in [0.1, 0.15) is 0 Å². The quantitative estimate of drug-likeness (QED) is 0.471. The first-order chi connectivity index (χ1) is 9.11. The van der Waals surface area contributed by atoms with E-state index in [0.29, 0.717) is 12.2 Å². The van der Waals surface area contributed by atoms with Crippen LogP contribution in [0.2, 0.25) is 0 Å².